The minimum absolute atomic E-state index is 0.415. The normalized spacial score (nSPS) is 20.4. The van der Waals surface area contributed by atoms with E-state index in [1.807, 2.05) is 24.4 Å². The lowest BCUT2D eigenvalue weighted by Gasteiger charge is -2.28. The van der Waals surface area contributed by atoms with Crippen LogP contribution in [0.1, 0.15) is 37.0 Å². The van der Waals surface area contributed by atoms with Gasteiger partial charge in [-0.25, -0.2) is 0 Å². The highest BCUT2D eigenvalue weighted by atomic mass is 16.5. The topological polar surface area (TPSA) is 73.6 Å². The molecule has 1 aromatic heterocycles. The zero-order valence-electron chi connectivity index (χ0n) is 14.4. The highest BCUT2D eigenvalue weighted by Crippen LogP contribution is 2.33. The van der Waals surface area contributed by atoms with E-state index in [0.717, 1.165) is 24.2 Å². The number of hydrogen-bond acceptors (Lipinski definition) is 4. The molecule has 1 aliphatic heterocycles. The largest absolute Gasteiger partial charge is 0.492 e. The number of carboxylic acid groups (broad SMARTS) is 1. The fourth-order valence-corrected chi connectivity index (χ4v) is 3.12. The monoisotopic (exact) mass is 344 g/mol. The van der Waals surface area contributed by atoms with Crippen molar-refractivity contribution in [2.24, 2.45) is 5.92 Å². The molecule has 6 nitrogen and oxygen atoms in total. The van der Waals surface area contributed by atoms with Gasteiger partial charge in [0.2, 0.25) is 0 Å². The van der Waals surface area contributed by atoms with Gasteiger partial charge in [-0.15, -0.1) is 0 Å². The molecule has 1 aromatic carbocycles. The number of carboxylic acids is 1. The van der Waals surface area contributed by atoms with Crippen molar-refractivity contribution in [1.82, 2.24) is 9.78 Å². The standard InChI is InChI=1S/C19H24N2O4/c1-2-14-5-3-6-16(11-14)24-10-8-21-13-15(12-20-21)18-17(19(22)23)7-4-9-25-18/h3,5-6,11-13,17-18H,2,4,7-10H2,1H3,(H,22,23)/t17-,18+/m1/s1. The summed E-state index contributed by atoms with van der Waals surface area (Å²) in [7, 11) is 0. The third kappa shape index (κ3) is 4.39. The molecular weight excluding hydrogens is 320 g/mol. The fourth-order valence-electron chi connectivity index (χ4n) is 3.12. The van der Waals surface area contributed by atoms with Crippen molar-refractivity contribution >= 4 is 5.97 Å². The third-order valence-electron chi connectivity index (χ3n) is 4.52. The van der Waals surface area contributed by atoms with E-state index in [2.05, 4.69) is 18.1 Å². The van der Waals surface area contributed by atoms with Crippen molar-refractivity contribution in [2.45, 2.75) is 38.8 Å². The molecule has 25 heavy (non-hydrogen) atoms. The number of ether oxygens (including phenoxy) is 2. The minimum atomic E-state index is -0.809. The third-order valence-corrected chi connectivity index (χ3v) is 4.52. The van der Waals surface area contributed by atoms with Crippen molar-refractivity contribution in [3.05, 3.63) is 47.8 Å². The van der Waals surface area contributed by atoms with Crippen molar-refractivity contribution in [1.29, 1.82) is 0 Å². The van der Waals surface area contributed by atoms with Gasteiger partial charge in [-0.05, 0) is 37.0 Å². The van der Waals surface area contributed by atoms with E-state index >= 15 is 0 Å². The molecule has 0 amide bonds. The summed E-state index contributed by atoms with van der Waals surface area (Å²) in [6, 6.07) is 8.06. The van der Waals surface area contributed by atoms with Crippen molar-refractivity contribution < 1.29 is 19.4 Å². The van der Waals surface area contributed by atoms with Crippen LogP contribution in [0.3, 0.4) is 0 Å². The first-order valence-electron chi connectivity index (χ1n) is 8.76. The average molecular weight is 344 g/mol. The Morgan fingerprint density at radius 1 is 1.48 bits per heavy atom. The van der Waals surface area contributed by atoms with Crippen LogP contribution < -0.4 is 4.74 Å². The Morgan fingerprint density at radius 3 is 3.16 bits per heavy atom. The molecule has 0 saturated carbocycles. The van der Waals surface area contributed by atoms with Gasteiger partial charge in [-0.2, -0.15) is 5.10 Å². The van der Waals surface area contributed by atoms with E-state index in [0.29, 0.717) is 26.2 Å². The number of aryl methyl sites for hydroxylation is 1. The van der Waals surface area contributed by atoms with Crippen LogP contribution >= 0.6 is 0 Å². The zero-order valence-corrected chi connectivity index (χ0v) is 14.4. The second kappa shape index (κ2) is 8.16. The molecule has 134 valence electrons. The second-order valence-corrected chi connectivity index (χ2v) is 6.26. The molecule has 1 N–H and O–H groups in total. The van der Waals surface area contributed by atoms with E-state index in [4.69, 9.17) is 9.47 Å². The summed E-state index contributed by atoms with van der Waals surface area (Å²) in [6.45, 7) is 3.81. The Morgan fingerprint density at radius 2 is 2.36 bits per heavy atom. The summed E-state index contributed by atoms with van der Waals surface area (Å²) >= 11 is 0. The Kier molecular flexibility index (Phi) is 5.71. The number of nitrogens with zero attached hydrogens (tertiary/aromatic N) is 2. The minimum Gasteiger partial charge on any atom is -0.492 e. The quantitative estimate of drug-likeness (QED) is 0.835. The van der Waals surface area contributed by atoms with Crippen molar-refractivity contribution in [2.75, 3.05) is 13.2 Å². The second-order valence-electron chi connectivity index (χ2n) is 6.26. The molecular formula is C19H24N2O4. The van der Waals surface area contributed by atoms with Gasteiger partial charge in [-0.1, -0.05) is 19.1 Å². The SMILES string of the molecule is CCc1cccc(OCCn2cc([C@@H]3OCCC[C@H]3C(=O)O)cn2)c1. The molecule has 3 rings (SSSR count). The number of carbonyl (C=O) groups is 1. The molecule has 0 unspecified atom stereocenters. The smallest absolute Gasteiger partial charge is 0.309 e. The van der Waals surface area contributed by atoms with Crippen molar-refractivity contribution in [3.63, 3.8) is 0 Å². The number of aliphatic carboxylic acids is 1. The highest BCUT2D eigenvalue weighted by molar-refractivity contribution is 5.71. The van der Waals surface area contributed by atoms with Crippen LogP contribution in [0.15, 0.2) is 36.7 Å². The Balaban J connectivity index is 1.57. The van der Waals surface area contributed by atoms with Gasteiger partial charge in [0.25, 0.3) is 0 Å². The Hall–Kier alpha value is -2.34. The first-order valence-corrected chi connectivity index (χ1v) is 8.76. The number of hydrogen-bond donors (Lipinski definition) is 1. The van der Waals surface area contributed by atoms with E-state index in [1.165, 1.54) is 5.56 Å². The maximum atomic E-state index is 11.4. The lowest BCUT2D eigenvalue weighted by Crippen LogP contribution is -2.28. The lowest BCUT2D eigenvalue weighted by atomic mass is 9.91. The maximum absolute atomic E-state index is 11.4. The van der Waals surface area contributed by atoms with Gasteiger partial charge in [0.05, 0.1) is 24.8 Å². The van der Waals surface area contributed by atoms with E-state index in [1.54, 1.807) is 10.9 Å². The molecule has 1 saturated heterocycles. The predicted molar refractivity (Wildman–Crippen MR) is 92.6 cm³/mol. The molecule has 2 atom stereocenters. The average Bonchev–Trinajstić information content (AvgIpc) is 3.10. The van der Waals surface area contributed by atoms with E-state index in [9.17, 15) is 9.90 Å². The van der Waals surface area contributed by atoms with Crippen LogP contribution in [0.2, 0.25) is 0 Å². The van der Waals surface area contributed by atoms with Crippen LogP contribution in [0, 0.1) is 5.92 Å². The van der Waals surface area contributed by atoms with Crippen LogP contribution in [0.4, 0.5) is 0 Å². The molecule has 0 aliphatic carbocycles. The van der Waals surface area contributed by atoms with Gasteiger partial charge in [0, 0.05) is 18.4 Å². The lowest BCUT2D eigenvalue weighted by molar-refractivity contribution is -0.151. The molecule has 0 bridgehead atoms. The van der Waals surface area contributed by atoms with Crippen LogP contribution in [-0.4, -0.2) is 34.1 Å². The first kappa shape index (κ1) is 17.5. The summed E-state index contributed by atoms with van der Waals surface area (Å²) in [5.41, 5.74) is 2.06. The predicted octanol–water partition coefficient (Wildman–Crippen LogP) is 3.08. The van der Waals surface area contributed by atoms with Gasteiger partial charge >= 0.3 is 5.97 Å². The van der Waals surface area contributed by atoms with E-state index < -0.39 is 18.0 Å². The summed E-state index contributed by atoms with van der Waals surface area (Å²) in [6.07, 6.45) is 5.55. The summed E-state index contributed by atoms with van der Waals surface area (Å²) in [4.78, 5) is 11.4. The van der Waals surface area contributed by atoms with Gasteiger partial charge in [-0.3, -0.25) is 9.48 Å². The first-order chi connectivity index (χ1) is 12.2. The molecule has 0 spiro atoms. The molecule has 6 heteroatoms. The number of aromatic nitrogens is 2. The molecule has 1 aliphatic rings. The van der Waals surface area contributed by atoms with Crippen molar-refractivity contribution in [3.8, 4) is 5.75 Å². The summed E-state index contributed by atoms with van der Waals surface area (Å²) < 4.78 is 13.2. The number of rotatable bonds is 7. The van der Waals surface area contributed by atoms with Gasteiger partial charge in [0.15, 0.2) is 0 Å². The highest BCUT2D eigenvalue weighted by Gasteiger charge is 2.33. The van der Waals surface area contributed by atoms with Gasteiger partial charge in [0.1, 0.15) is 12.4 Å². The maximum Gasteiger partial charge on any atom is 0.309 e. The van der Waals surface area contributed by atoms with Gasteiger partial charge < -0.3 is 14.6 Å². The number of benzene rings is 1. The fraction of sp³-hybridized carbons (Fsp3) is 0.474. The zero-order chi connectivity index (χ0) is 17.6. The van der Waals surface area contributed by atoms with E-state index in [-0.39, 0.29) is 0 Å². The Bertz CT molecular complexity index is 713. The summed E-state index contributed by atoms with van der Waals surface area (Å²) in [5.74, 6) is -0.454. The molecule has 0 radical (unpaired) electrons. The summed E-state index contributed by atoms with van der Waals surface area (Å²) in [5, 5.41) is 13.7. The van der Waals surface area contributed by atoms with Crippen LogP contribution in [0.25, 0.3) is 0 Å². The molecule has 1 fully saturated rings. The molecule has 2 aromatic rings. The van der Waals surface area contributed by atoms with Crippen LogP contribution in [-0.2, 0) is 22.5 Å². The van der Waals surface area contributed by atoms with Crippen LogP contribution in [0.5, 0.6) is 5.75 Å². The molecule has 2 heterocycles. The Labute approximate surface area is 147 Å².